The lowest BCUT2D eigenvalue weighted by Gasteiger charge is -2.05. The second-order valence-electron chi connectivity index (χ2n) is 7.33. The second kappa shape index (κ2) is 14.8. The predicted molar refractivity (Wildman–Crippen MR) is 109 cm³/mol. The Morgan fingerprint density at radius 3 is 1.90 bits per heavy atom. The van der Waals surface area contributed by atoms with Crippen LogP contribution in [0.2, 0.25) is 0 Å². The highest BCUT2D eigenvalue weighted by atomic mass is 16.5. The topological polar surface area (TPSA) is 106 Å². The first kappa shape index (κ1) is 24.9. The Balaban J connectivity index is 2.13. The number of ether oxygens (including phenoxy) is 2. The van der Waals surface area contributed by atoms with Gasteiger partial charge in [0.05, 0.1) is 13.7 Å². The number of aromatic hydroxyl groups is 2. The summed E-state index contributed by atoms with van der Waals surface area (Å²) in [6.07, 6.45) is 14.1. The summed E-state index contributed by atoms with van der Waals surface area (Å²) in [7, 11) is 1.19. The van der Waals surface area contributed by atoms with Crippen LogP contribution in [0.5, 0.6) is 11.7 Å². The fraction of sp³-hybridized carbons (Fsp3) is 0.727. The quantitative estimate of drug-likeness (QED) is 0.281. The summed E-state index contributed by atoms with van der Waals surface area (Å²) in [5.41, 5.74) is -0.456. The SMILES string of the molecule is CCCCCCCCCCCCCCOC(=O)c1c(O)oc(CC(=O)OC)c1O. The molecule has 0 amide bonds. The van der Waals surface area contributed by atoms with Gasteiger partial charge in [0.15, 0.2) is 17.1 Å². The Hall–Kier alpha value is -2.18. The molecular weight excluding hydrogens is 376 g/mol. The molecule has 0 aliphatic carbocycles. The molecule has 1 aromatic rings. The second-order valence-corrected chi connectivity index (χ2v) is 7.33. The number of esters is 2. The first-order valence-corrected chi connectivity index (χ1v) is 10.8. The Kier molecular flexibility index (Phi) is 12.7. The van der Waals surface area contributed by atoms with Gasteiger partial charge in [0.2, 0.25) is 0 Å². The van der Waals surface area contributed by atoms with E-state index < -0.39 is 29.2 Å². The average molecular weight is 413 g/mol. The van der Waals surface area contributed by atoms with Gasteiger partial charge in [-0.3, -0.25) is 4.79 Å². The molecule has 1 aromatic heterocycles. The smallest absolute Gasteiger partial charge is 0.349 e. The van der Waals surface area contributed by atoms with Crippen LogP contribution >= 0.6 is 0 Å². The van der Waals surface area contributed by atoms with Gasteiger partial charge in [-0.05, 0) is 6.42 Å². The van der Waals surface area contributed by atoms with E-state index in [0.29, 0.717) is 0 Å². The minimum absolute atomic E-state index is 0.201. The highest BCUT2D eigenvalue weighted by Gasteiger charge is 2.28. The Bertz CT molecular complexity index is 607. The van der Waals surface area contributed by atoms with Crippen molar-refractivity contribution in [1.82, 2.24) is 0 Å². The Labute approximate surface area is 173 Å². The van der Waals surface area contributed by atoms with Crippen LogP contribution in [-0.2, 0) is 20.7 Å². The van der Waals surface area contributed by atoms with Gasteiger partial charge < -0.3 is 24.1 Å². The molecule has 7 nitrogen and oxygen atoms in total. The highest BCUT2D eigenvalue weighted by Crippen LogP contribution is 2.35. The van der Waals surface area contributed by atoms with Gasteiger partial charge in [-0.2, -0.15) is 0 Å². The number of furan rings is 1. The van der Waals surface area contributed by atoms with E-state index in [2.05, 4.69) is 11.7 Å². The molecule has 0 radical (unpaired) electrons. The zero-order valence-electron chi connectivity index (χ0n) is 17.8. The van der Waals surface area contributed by atoms with E-state index in [1.54, 1.807) is 0 Å². The van der Waals surface area contributed by atoms with Crippen molar-refractivity contribution < 1.29 is 33.7 Å². The largest absolute Gasteiger partial charge is 0.504 e. The molecule has 1 rings (SSSR count). The van der Waals surface area contributed by atoms with Crippen LogP contribution in [-0.4, -0.2) is 35.9 Å². The third kappa shape index (κ3) is 9.72. The van der Waals surface area contributed by atoms with E-state index in [9.17, 15) is 19.8 Å². The van der Waals surface area contributed by atoms with Gasteiger partial charge in [-0.25, -0.2) is 4.79 Å². The maximum Gasteiger partial charge on any atom is 0.349 e. The molecule has 0 unspecified atom stereocenters. The van der Waals surface area contributed by atoms with Crippen molar-refractivity contribution in [3.8, 4) is 11.7 Å². The van der Waals surface area contributed by atoms with E-state index in [1.807, 2.05) is 0 Å². The molecule has 0 aliphatic rings. The summed E-state index contributed by atoms with van der Waals surface area (Å²) in [5.74, 6) is -3.12. The average Bonchev–Trinajstić information content (AvgIpc) is 2.98. The molecule has 166 valence electrons. The van der Waals surface area contributed by atoms with Gasteiger partial charge in [0.25, 0.3) is 0 Å². The van der Waals surface area contributed by atoms with Crippen LogP contribution < -0.4 is 0 Å². The van der Waals surface area contributed by atoms with Crippen molar-refractivity contribution in [1.29, 1.82) is 0 Å². The van der Waals surface area contributed by atoms with Crippen molar-refractivity contribution in [2.75, 3.05) is 13.7 Å². The summed E-state index contributed by atoms with van der Waals surface area (Å²) >= 11 is 0. The molecule has 0 fully saturated rings. The molecule has 0 saturated carbocycles. The van der Waals surface area contributed by atoms with E-state index in [1.165, 1.54) is 64.9 Å². The summed E-state index contributed by atoms with van der Waals surface area (Å²) in [6, 6.07) is 0. The number of hydrogen-bond donors (Lipinski definition) is 2. The van der Waals surface area contributed by atoms with Gasteiger partial charge >= 0.3 is 17.9 Å². The number of rotatable bonds is 16. The zero-order chi connectivity index (χ0) is 21.5. The van der Waals surface area contributed by atoms with Gasteiger partial charge in [0.1, 0.15) is 6.42 Å². The molecule has 0 saturated heterocycles. The number of carbonyl (C=O) groups excluding carboxylic acids is 2. The van der Waals surface area contributed by atoms with E-state index >= 15 is 0 Å². The summed E-state index contributed by atoms with van der Waals surface area (Å²) in [5, 5.41) is 19.7. The first-order chi connectivity index (χ1) is 14.0. The Morgan fingerprint density at radius 2 is 1.38 bits per heavy atom. The molecule has 0 aliphatic heterocycles. The van der Waals surface area contributed by atoms with Crippen LogP contribution in [0.1, 0.15) is 100 Å². The molecule has 7 heteroatoms. The number of methoxy groups -OCH3 is 1. The third-order valence-electron chi connectivity index (χ3n) is 4.90. The zero-order valence-corrected chi connectivity index (χ0v) is 17.8. The van der Waals surface area contributed by atoms with Crippen molar-refractivity contribution in [3.05, 3.63) is 11.3 Å². The molecular formula is C22H36O7. The normalized spacial score (nSPS) is 10.8. The Morgan fingerprint density at radius 1 is 0.862 bits per heavy atom. The maximum absolute atomic E-state index is 12.0. The minimum Gasteiger partial charge on any atom is -0.504 e. The highest BCUT2D eigenvalue weighted by molar-refractivity contribution is 5.95. The van der Waals surface area contributed by atoms with E-state index in [0.717, 1.165) is 19.3 Å². The fourth-order valence-corrected chi connectivity index (χ4v) is 3.14. The molecule has 0 atom stereocenters. The molecule has 1 heterocycles. The minimum atomic E-state index is -0.872. The first-order valence-electron chi connectivity index (χ1n) is 10.8. The predicted octanol–water partition coefficient (Wildman–Crippen LogP) is 5.26. The number of unbranched alkanes of at least 4 members (excludes halogenated alkanes) is 11. The molecule has 0 spiro atoms. The van der Waals surface area contributed by atoms with Crippen LogP contribution in [0.3, 0.4) is 0 Å². The lowest BCUT2D eigenvalue weighted by atomic mass is 10.1. The molecule has 0 bridgehead atoms. The molecule has 0 aromatic carbocycles. The number of carbonyl (C=O) groups is 2. The molecule has 2 N–H and O–H groups in total. The lowest BCUT2D eigenvalue weighted by molar-refractivity contribution is -0.140. The van der Waals surface area contributed by atoms with E-state index in [4.69, 9.17) is 9.15 Å². The van der Waals surface area contributed by atoms with E-state index in [-0.39, 0.29) is 18.8 Å². The third-order valence-corrected chi connectivity index (χ3v) is 4.90. The standard InChI is InChI=1S/C22H36O7/c1-3-4-5-6-7-8-9-10-11-12-13-14-15-28-21(25)19-20(24)17(29-22(19)26)16-18(23)27-2/h24,26H,3-16H2,1-2H3. The monoisotopic (exact) mass is 412 g/mol. The van der Waals surface area contributed by atoms with Crippen molar-refractivity contribution in [2.24, 2.45) is 0 Å². The van der Waals surface area contributed by atoms with Crippen LogP contribution in [0.15, 0.2) is 4.42 Å². The van der Waals surface area contributed by atoms with Crippen LogP contribution in [0.4, 0.5) is 0 Å². The summed E-state index contributed by atoms with van der Waals surface area (Å²) < 4.78 is 14.4. The lowest BCUT2D eigenvalue weighted by Crippen LogP contribution is -2.07. The maximum atomic E-state index is 12.0. The number of hydrogen-bond acceptors (Lipinski definition) is 7. The summed E-state index contributed by atoms with van der Waals surface area (Å²) in [6.45, 7) is 2.43. The van der Waals surface area contributed by atoms with Gasteiger partial charge in [0, 0.05) is 0 Å². The van der Waals surface area contributed by atoms with Gasteiger partial charge in [-0.15, -0.1) is 0 Å². The molecule has 29 heavy (non-hydrogen) atoms. The van der Waals surface area contributed by atoms with Crippen molar-refractivity contribution in [2.45, 2.75) is 90.4 Å². The van der Waals surface area contributed by atoms with Crippen molar-refractivity contribution >= 4 is 11.9 Å². The van der Waals surface area contributed by atoms with Crippen molar-refractivity contribution in [3.63, 3.8) is 0 Å². The van der Waals surface area contributed by atoms with Gasteiger partial charge in [-0.1, -0.05) is 77.6 Å². The van der Waals surface area contributed by atoms with Crippen LogP contribution in [0.25, 0.3) is 0 Å². The fourth-order valence-electron chi connectivity index (χ4n) is 3.14. The van der Waals surface area contributed by atoms with Crippen LogP contribution in [0, 0.1) is 0 Å². The summed E-state index contributed by atoms with van der Waals surface area (Å²) in [4.78, 5) is 23.3.